The Balaban J connectivity index is 1.75. The minimum Gasteiger partial charge on any atom is -0.385 e. The van der Waals surface area contributed by atoms with Gasteiger partial charge in [0.1, 0.15) is 0 Å². The normalized spacial score (nSPS) is 22.2. The summed E-state index contributed by atoms with van der Waals surface area (Å²) in [6, 6.07) is 6.68. The molecule has 2 aliphatic rings. The lowest BCUT2D eigenvalue weighted by Gasteiger charge is -2.36. The van der Waals surface area contributed by atoms with E-state index in [0.29, 0.717) is 6.10 Å². The van der Waals surface area contributed by atoms with Gasteiger partial charge in [-0.05, 0) is 49.8 Å². The summed E-state index contributed by atoms with van der Waals surface area (Å²) in [5.41, 5.74) is 4.28. The molecular formula is C17H26N2O. The number of benzene rings is 1. The molecule has 110 valence electrons. The molecule has 1 atom stereocenters. The Morgan fingerprint density at radius 3 is 3.20 bits per heavy atom. The Hall–Kier alpha value is -1.22. The van der Waals surface area contributed by atoms with E-state index < -0.39 is 0 Å². The highest BCUT2D eigenvalue weighted by Crippen LogP contribution is 2.33. The SMILES string of the molecule is CCCOC1CCCN(c2cccc3c2CCCN3)C1. The Labute approximate surface area is 122 Å². The lowest BCUT2D eigenvalue weighted by Crippen LogP contribution is -2.40. The van der Waals surface area contributed by atoms with Crippen LogP contribution in [0.2, 0.25) is 0 Å². The van der Waals surface area contributed by atoms with Gasteiger partial charge in [-0.2, -0.15) is 0 Å². The fourth-order valence-electron chi connectivity index (χ4n) is 3.37. The van der Waals surface area contributed by atoms with Gasteiger partial charge in [-0.15, -0.1) is 0 Å². The topological polar surface area (TPSA) is 24.5 Å². The Kier molecular flexibility index (Phi) is 4.46. The van der Waals surface area contributed by atoms with E-state index in [0.717, 1.165) is 26.1 Å². The van der Waals surface area contributed by atoms with Crippen LogP contribution in [0, 0.1) is 0 Å². The molecule has 0 amide bonds. The first kappa shape index (κ1) is 13.7. The molecule has 1 saturated heterocycles. The number of nitrogens with zero attached hydrogens (tertiary/aromatic N) is 1. The average Bonchev–Trinajstić information content (AvgIpc) is 2.52. The van der Waals surface area contributed by atoms with Crippen molar-refractivity contribution in [3.05, 3.63) is 23.8 Å². The molecule has 1 aromatic carbocycles. The standard InChI is InChI=1S/C17H26N2O/c1-2-12-20-14-6-5-11-19(13-14)17-9-3-8-16-15(17)7-4-10-18-16/h3,8-9,14,18H,2,4-7,10-13H2,1H3. The minimum absolute atomic E-state index is 0.413. The van der Waals surface area contributed by atoms with E-state index in [1.807, 2.05) is 0 Å². The lowest BCUT2D eigenvalue weighted by molar-refractivity contribution is 0.0440. The van der Waals surface area contributed by atoms with Crippen molar-refractivity contribution in [1.29, 1.82) is 0 Å². The number of anilines is 2. The van der Waals surface area contributed by atoms with Gasteiger partial charge in [0.05, 0.1) is 6.10 Å². The molecule has 2 heterocycles. The van der Waals surface area contributed by atoms with Crippen molar-refractivity contribution in [2.24, 2.45) is 0 Å². The minimum atomic E-state index is 0.413. The molecule has 0 bridgehead atoms. The van der Waals surface area contributed by atoms with Crippen LogP contribution in [0.1, 0.15) is 38.2 Å². The van der Waals surface area contributed by atoms with E-state index >= 15 is 0 Å². The number of ether oxygens (including phenoxy) is 1. The van der Waals surface area contributed by atoms with Crippen LogP contribution in [0.3, 0.4) is 0 Å². The van der Waals surface area contributed by atoms with Crippen molar-refractivity contribution in [3.8, 4) is 0 Å². The number of rotatable bonds is 4. The van der Waals surface area contributed by atoms with Crippen LogP contribution in [-0.2, 0) is 11.2 Å². The van der Waals surface area contributed by atoms with Crippen molar-refractivity contribution >= 4 is 11.4 Å². The highest BCUT2D eigenvalue weighted by atomic mass is 16.5. The van der Waals surface area contributed by atoms with E-state index in [-0.39, 0.29) is 0 Å². The molecule has 0 aliphatic carbocycles. The van der Waals surface area contributed by atoms with Crippen LogP contribution in [0.15, 0.2) is 18.2 Å². The number of hydrogen-bond acceptors (Lipinski definition) is 3. The second-order valence-electron chi connectivity index (χ2n) is 5.91. The highest BCUT2D eigenvalue weighted by Gasteiger charge is 2.23. The molecule has 20 heavy (non-hydrogen) atoms. The number of piperidine rings is 1. The molecule has 3 heteroatoms. The van der Waals surface area contributed by atoms with Crippen molar-refractivity contribution in [3.63, 3.8) is 0 Å². The van der Waals surface area contributed by atoms with Crippen LogP contribution < -0.4 is 10.2 Å². The van der Waals surface area contributed by atoms with E-state index in [1.54, 1.807) is 0 Å². The molecule has 1 aromatic rings. The summed E-state index contributed by atoms with van der Waals surface area (Å²) in [6.45, 7) is 6.41. The molecule has 1 N–H and O–H groups in total. The van der Waals surface area contributed by atoms with Crippen molar-refractivity contribution in [2.75, 3.05) is 36.5 Å². The maximum atomic E-state index is 5.97. The number of hydrogen-bond donors (Lipinski definition) is 1. The molecule has 0 spiro atoms. The van der Waals surface area contributed by atoms with Crippen molar-refractivity contribution in [1.82, 2.24) is 0 Å². The summed E-state index contributed by atoms with van der Waals surface area (Å²) in [5.74, 6) is 0. The predicted octanol–water partition coefficient (Wildman–Crippen LogP) is 3.44. The summed E-state index contributed by atoms with van der Waals surface area (Å²) in [5, 5.41) is 3.53. The first-order valence-corrected chi connectivity index (χ1v) is 8.11. The zero-order valence-corrected chi connectivity index (χ0v) is 12.5. The Bertz CT molecular complexity index is 447. The summed E-state index contributed by atoms with van der Waals surface area (Å²) >= 11 is 0. The smallest absolute Gasteiger partial charge is 0.0750 e. The van der Waals surface area contributed by atoms with Crippen molar-refractivity contribution < 1.29 is 4.74 Å². The van der Waals surface area contributed by atoms with Gasteiger partial charge in [-0.1, -0.05) is 13.0 Å². The molecule has 2 aliphatic heterocycles. The third kappa shape index (κ3) is 2.93. The van der Waals surface area contributed by atoms with E-state index in [2.05, 4.69) is 35.3 Å². The lowest BCUT2D eigenvalue weighted by atomic mass is 9.98. The molecule has 0 aromatic heterocycles. The molecule has 0 radical (unpaired) electrons. The summed E-state index contributed by atoms with van der Waals surface area (Å²) in [6.07, 6.45) is 6.43. The van der Waals surface area contributed by atoms with Gasteiger partial charge in [0, 0.05) is 37.6 Å². The van der Waals surface area contributed by atoms with Gasteiger partial charge in [-0.25, -0.2) is 0 Å². The van der Waals surface area contributed by atoms with Gasteiger partial charge in [0.15, 0.2) is 0 Å². The second kappa shape index (κ2) is 6.49. The third-order valence-electron chi connectivity index (χ3n) is 4.35. The molecule has 1 unspecified atom stereocenters. The first-order chi connectivity index (χ1) is 9.88. The van der Waals surface area contributed by atoms with Crippen LogP contribution in [0.5, 0.6) is 0 Å². The van der Waals surface area contributed by atoms with Gasteiger partial charge in [0.25, 0.3) is 0 Å². The molecular weight excluding hydrogens is 248 g/mol. The summed E-state index contributed by atoms with van der Waals surface area (Å²) in [4.78, 5) is 2.54. The summed E-state index contributed by atoms with van der Waals surface area (Å²) < 4.78 is 5.97. The molecule has 3 rings (SSSR count). The molecule has 3 nitrogen and oxygen atoms in total. The Morgan fingerprint density at radius 2 is 2.30 bits per heavy atom. The Morgan fingerprint density at radius 1 is 1.35 bits per heavy atom. The predicted molar refractivity (Wildman–Crippen MR) is 84.7 cm³/mol. The number of fused-ring (bicyclic) bond motifs is 1. The average molecular weight is 274 g/mol. The fourth-order valence-corrected chi connectivity index (χ4v) is 3.37. The van der Waals surface area contributed by atoms with Gasteiger partial charge in [-0.3, -0.25) is 0 Å². The first-order valence-electron chi connectivity index (χ1n) is 8.11. The number of nitrogens with one attached hydrogen (secondary N) is 1. The van der Waals surface area contributed by atoms with Crippen LogP contribution in [0.4, 0.5) is 11.4 Å². The van der Waals surface area contributed by atoms with Crippen LogP contribution in [-0.4, -0.2) is 32.3 Å². The van der Waals surface area contributed by atoms with Gasteiger partial charge in [0.2, 0.25) is 0 Å². The van der Waals surface area contributed by atoms with E-state index in [9.17, 15) is 0 Å². The van der Waals surface area contributed by atoms with Crippen LogP contribution in [0.25, 0.3) is 0 Å². The fraction of sp³-hybridized carbons (Fsp3) is 0.647. The highest BCUT2D eigenvalue weighted by molar-refractivity contribution is 5.68. The van der Waals surface area contributed by atoms with Gasteiger partial charge >= 0.3 is 0 Å². The molecule has 1 fully saturated rings. The second-order valence-corrected chi connectivity index (χ2v) is 5.91. The maximum Gasteiger partial charge on any atom is 0.0750 e. The van der Waals surface area contributed by atoms with E-state index in [1.165, 1.54) is 49.2 Å². The third-order valence-corrected chi connectivity index (χ3v) is 4.35. The van der Waals surface area contributed by atoms with Gasteiger partial charge < -0.3 is 15.0 Å². The van der Waals surface area contributed by atoms with Crippen LogP contribution >= 0.6 is 0 Å². The van der Waals surface area contributed by atoms with E-state index in [4.69, 9.17) is 4.74 Å². The molecule has 0 saturated carbocycles. The zero-order chi connectivity index (χ0) is 13.8. The largest absolute Gasteiger partial charge is 0.385 e. The monoisotopic (exact) mass is 274 g/mol. The van der Waals surface area contributed by atoms with Crippen molar-refractivity contribution in [2.45, 2.75) is 45.1 Å². The zero-order valence-electron chi connectivity index (χ0n) is 12.5. The quantitative estimate of drug-likeness (QED) is 0.910. The summed E-state index contributed by atoms with van der Waals surface area (Å²) in [7, 11) is 0. The maximum absolute atomic E-state index is 5.97.